The Balaban J connectivity index is 2.53. The second-order valence-electron chi connectivity index (χ2n) is 4.19. The molecule has 1 aromatic carbocycles. The van der Waals surface area contributed by atoms with E-state index in [-0.39, 0.29) is 11.8 Å². The normalized spacial score (nSPS) is 11.4. The van der Waals surface area contributed by atoms with E-state index < -0.39 is 0 Å². The lowest BCUT2D eigenvalue weighted by atomic mass is 10.1. The van der Waals surface area contributed by atoms with E-state index in [1.165, 1.54) is 6.07 Å². The number of carbonyl (C=O) groups is 1. The second kappa shape index (κ2) is 5.94. The van der Waals surface area contributed by atoms with Crippen LogP contribution in [0.25, 0.3) is 0 Å². The van der Waals surface area contributed by atoms with E-state index in [0.717, 1.165) is 5.57 Å². The van der Waals surface area contributed by atoms with Gasteiger partial charge in [0.15, 0.2) is 0 Å². The standard InChI is InChI=1S/C13H18N2O2/c1-9(2)10(3)8-14-13(17)15-11-5-4-6-12(16)7-11/h4-9,16H,1-3H3,(H2,14,15,17)/b10-8+. The topological polar surface area (TPSA) is 61.4 Å². The number of hydrogen-bond donors (Lipinski definition) is 3. The summed E-state index contributed by atoms with van der Waals surface area (Å²) in [7, 11) is 0. The molecule has 0 saturated carbocycles. The van der Waals surface area contributed by atoms with Crippen LogP contribution in [0.5, 0.6) is 5.75 Å². The Morgan fingerprint density at radius 2 is 2.12 bits per heavy atom. The van der Waals surface area contributed by atoms with Gasteiger partial charge < -0.3 is 15.7 Å². The van der Waals surface area contributed by atoms with Crippen LogP contribution in [0, 0.1) is 5.92 Å². The van der Waals surface area contributed by atoms with Crippen LogP contribution in [0.15, 0.2) is 36.0 Å². The van der Waals surface area contributed by atoms with E-state index in [1.807, 2.05) is 6.92 Å². The zero-order chi connectivity index (χ0) is 12.8. The minimum Gasteiger partial charge on any atom is -0.508 e. The summed E-state index contributed by atoms with van der Waals surface area (Å²) in [4.78, 5) is 11.5. The maximum absolute atomic E-state index is 11.5. The van der Waals surface area contributed by atoms with Crippen LogP contribution in [-0.2, 0) is 0 Å². The number of phenolic OH excluding ortho intramolecular Hbond substituents is 1. The van der Waals surface area contributed by atoms with Crippen LogP contribution >= 0.6 is 0 Å². The highest BCUT2D eigenvalue weighted by Crippen LogP contribution is 2.15. The van der Waals surface area contributed by atoms with Crippen molar-refractivity contribution in [3.63, 3.8) is 0 Å². The van der Waals surface area contributed by atoms with Crippen LogP contribution in [0.2, 0.25) is 0 Å². The van der Waals surface area contributed by atoms with Crippen molar-refractivity contribution in [1.82, 2.24) is 5.32 Å². The maximum Gasteiger partial charge on any atom is 0.323 e. The zero-order valence-corrected chi connectivity index (χ0v) is 10.3. The number of benzene rings is 1. The van der Waals surface area contributed by atoms with Gasteiger partial charge in [-0.05, 0) is 25.0 Å². The lowest BCUT2D eigenvalue weighted by Gasteiger charge is -2.07. The molecule has 0 heterocycles. The van der Waals surface area contributed by atoms with E-state index >= 15 is 0 Å². The van der Waals surface area contributed by atoms with Crippen molar-refractivity contribution in [3.8, 4) is 5.75 Å². The Hall–Kier alpha value is -1.97. The van der Waals surface area contributed by atoms with Crippen molar-refractivity contribution in [2.24, 2.45) is 5.92 Å². The molecule has 2 amide bonds. The molecule has 0 unspecified atom stereocenters. The fourth-order valence-corrected chi connectivity index (χ4v) is 1.10. The molecule has 92 valence electrons. The number of carbonyl (C=O) groups excluding carboxylic acids is 1. The highest BCUT2D eigenvalue weighted by Gasteiger charge is 2.01. The van der Waals surface area contributed by atoms with Crippen molar-refractivity contribution < 1.29 is 9.90 Å². The number of aromatic hydroxyl groups is 1. The van der Waals surface area contributed by atoms with Gasteiger partial charge in [-0.15, -0.1) is 0 Å². The van der Waals surface area contributed by atoms with E-state index in [4.69, 9.17) is 0 Å². The Labute approximate surface area is 101 Å². The first-order valence-electron chi connectivity index (χ1n) is 5.52. The molecule has 4 nitrogen and oxygen atoms in total. The smallest absolute Gasteiger partial charge is 0.323 e. The van der Waals surface area contributed by atoms with Crippen LogP contribution in [0.4, 0.5) is 10.5 Å². The molecule has 0 saturated heterocycles. The van der Waals surface area contributed by atoms with Gasteiger partial charge in [-0.1, -0.05) is 25.5 Å². The molecule has 0 spiro atoms. The molecular formula is C13H18N2O2. The number of allylic oxidation sites excluding steroid dienone is 1. The van der Waals surface area contributed by atoms with Crippen molar-refractivity contribution in [2.45, 2.75) is 20.8 Å². The molecule has 0 aliphatic heterocycles. The van der Waals surface area contributed by atoms with Crippen molar-refractivity contribution in [3.05, 3.63) is 36.0 Å². The minimum absolute atomic E-state index is 0.122. The predicted molar refractivity (Wildman–Crippen MR) is 68.9 cm³/mol. The molecule has 0 bridgehead atoms. The summed E-state index contributed by atoms with van der Waals surface area (Å²) in [5.74, 6) is 0.521. The molecule has 0 atom stereocenters. The van der Waals surface area contributed by atoms with Gasteiger partial charge in [0.25, 0.3) is 0 Å². The Morgan fingerprint density at radius 3 is 2.71 bits per heavy atom. The van der Waals surface area contributed by atoms with Crippen LogP contribution in [0.3, 0.4) is 0 Å². The lowest BCUT2D eigenvalue weighted by Crippen LogP contribution is -2.24. The molecule has 1 aromatic rings. The van der Waals surface area contributed by atoms with Gasteiger partial charge in [0, 0.05) is 18.0 Å². The summed E-state index contributed by atoms with van der Waals surface area (Å²) >= 11 is 0. The second-order valence-corrected chi connectivity index (χ2v) is 4.19. The van der Waals surface area contributed by atoms with Crippen molar-refractivity contribution in [2.75, 3.05) is 5.32 Å². The monoisotopic (exact) mass is 234 g/mol. The molecule has 4 heteroatoms. The molecule has 0 aliphatic carbocycles. The van der Waals surface area contributed by atoms with Gasteiger partial charge in [0.1, 0.15) is 5.75 Å². The number of urea groups is 1. The summed E-state index contributed by atoms with van der Waals surface area (Å²) in [5.41, 5.74) is 1.65. The summed E-state index contributed by atoms with van der Waals surface area (Å²) in [6.07, 6.45) is 1.68. The maximum atomic E-state index is 11.5. The molecule has 0 aromatic heterocycles. The molecule has 0 fully saturated rings. The number of nitrogens with one attached hydrogen (secondary N) is 2. The third-order valence-electron chi connectivity index (χ3n) is 2.45. The molecular weight excluding hydrogens is 216 g/mol. The van der Waals surface area contributed by atoms with Gasteiger partial charge in [0.2, 0.25) is 0 Å². The minimum atomic E-state index is -0.324. The predicted octanol–water partition coefficient (Wildman–Crippen LogP) is 3.07. The van der Waals surface area contributed by atoms with E-state index in [2.05, 4.69) is 24.5 Å². The van der Waals surface area contributed by atoms with Gasteiger partial charge in [-0.3, -0.25) is 0 Å². The van der Waals surface area contributed by atoms with Crippen molar-refractivity contribution in [1.29, 1.82) is 0 Å². The Bertz CT molecular complexity index is 425. The molecule has 0 radical (unpaired) electrons. The zero-order valence-electron chi connectivity index (χ0n) is 10.3. The number of hydrogen-bond acceptors (Lipinski definition) is 2. The summed E-state index contributed by atoms with van der Waals surface area (Å²) < 4.78 is 0. The van der Waals surface area contributed by atoms with Gasteiger partial charge >= 0.3 is 6.03 Å². The first-order valence-corrected chi connectivity index (χ1v) is 5.52. The molecule has 3 N–H and O–H groups in total. The fourth-order valence-electron chi connectivity index (χ4n) is 1.10. The summed E-state index contributed by atoms with van der Waals surface area (Å²) in [6.45, 7) is 6.07. The number of rotatable bonds is 3. The quantitative estimate of drug-likeness (QED) is 0.752. The van der Waals surface area contributed by atoms with Crippen LogP contribution < -0.4 is 10.6 Å². The average molecular weight is 234 g/mol. The van der Waals surface area contributed by atoms with E-state index in [0.29, 0.717) is 11.6 Å². The SMILES string of the molecule is C/C(=C\NC(=O)Nc1cccc(O)c1)C(C)C. The fraction of sp³-hybridized carbons (Fsp3) is 0.308. The highest BCUT2D eigenvalue weighted by atomic mass is 16.3. The van der Waals surface area contributed by atoms with Gasteiger partial charge in [0.05, 0.1) is 0 Å². The van der Waals surface area contributed by atoms with Gasteiger partial charge in [-0.2, -0.15) is 0 Å². The Kier molecular flexibility index (Phi) is 4.57. The first-order chi connectivity index (χ1) is 7.99. The van der Waals surface area contributed by atoms with Crippen LogP contribution in [0.1, 0.15) is 20.8 Å². The number of phenols is 1. The van der Waals surface area contributed by atoms with Gasteiger partial charge in [-0.25, -0.2) is 4.79 Å². The average Bonchev–Trinajstić information content (AvgIpc) is 2.25. The number of amides is 2. The van der Waals surface area contributed by atoms with E-state index in [1.54, 1.807) is 24.4 Å². The third-order valence-corrected chi connectivity index (χ3v) is 2.45. The number of anilines is 1. The highest BCUT2D eigenvalue weighted by molar-refractivity contribution is 5.90. The lowest BCUT2D eigenvalue weighted by molar-refractivity contribution is 0.255. The Morgan fingerprint density at radius 1 is 1.41 bits per heavy atom. The van der Waals surface area contributed by atoms with Crippen LogP contribution in [-0.4, -0.2) is 11.1 Å². The first kappa shape index (κ1) is 13.1. The molecule has 17 heavy (non-hydrogen) atoms. The van der Waals surface area contributed by atoms with Crippen molar-refractivity contribution >= 4 is 11.7 Å². The molecule has 1 rings (SSSR count). The third kappa shape index (κ3) is 4.59. The molecule has 0 aliphatic rings. The van der Waals surface area contributed by atoms with E-state index in [9.17, 15) is 9.90 Å². The largest absolute Gasteiger partial charge is 0.508 e. The summed E-state index contributed by atoms with van der Waals surface area (Å²) in [6, 6.07) is 6.08. The summed E-state index contributed by atoms with van der Waals surface area (Å²) in [5, 5.41) is 14.5.